The number of hydrogen-bond acceptors (Lipinski definition) is 5. The molecule has 150 valence electrons. The number of H-pyrrole nitrogens is 1. The highest BCUT2D eigenvalue weighted by molar-refractivity contribution is 5.93. The Bertz CT molecular complexity index is 940. The number of amides is 1. The maximum atomic E-state index is 12.7. The highest BCUT2D eigenvalue weighted by Crippen LogP contribution is 2.29. The van der Waals surface area contributed by atoms with Crippen LogP contribution in [0.5, 0.6) is 11.5 Å². The van der Waals surface area contributed by atoms with Crippen molar-refractivity contribution in [1.29, 1.82) is 0 Å². The molecule has 1 fully saturated rings. The standard InChI is InChI=1S/C22H25N5O2/c1-16-8-10-18(11-9-16)29-20-7-3-2-6-19(20)25-21(28)14-27-12-4-5-17(13-27)22-23-15-24-26-22/h2-3,6-11,15,17H,4-5,12-14H2,1H3,(H,25,28)(H,23,24,26)/t17-/m0/s1. The van der Waals surface area contributed by atoms with Gasteiger partial charge in [0, 0.05) is 12.5 Å². The Balaban J connectivity index is 1.37. The average Bonchev–Trinajstić information content (AvgIpc) is 3.26. The summed E-state index contributed by atoms with van der Waals surface area (Å²) in [5.74, 6) is 2.50. The molecule has 0 unspecified atom stereocenters. The van der Waals surface area contributed by atoms with Crippen LogP contribution in [0.15, 0.2) is 54.9 Å². The van der Waals surface area contributed by atoms with E-state index in [1.165, 1.54) is 11.9 Å². The van der Waals surface area contributed by atoms with E-state index in [4.69, 9.17) is 4.74 Å². The maximum absolute atomic E-state index is 12.7. The molecule has 3 aromatic rings. The van der Waals surface area contributed by atoms with E-state index in [-0.39, 0.29) is 11.8 Å². The number of piperidine rings is 1. The predicted molar refractivity (Wildman–Crippen MR) is 111 cm³/mol. The van der Waals surface area contributed by atoms with Gasteiger partial charge in [-0.2, -0.15) is 5.10 Å². The zero-order valence-corrected chi connectivity index (χ0v) is 16.5. The largest absolute Gasteiger partial charge is 0.455 e. The molecule has 2 aromatic carbocycles. The number of para-hydroxylation sites is 2. The van der Waals surface area contributed by atoms with E-state index in [9.17, 15) is 4.79 Å². The number of carbonyl (C=O) groups excluding carboxylic acids is 1. The average molecular weight is 391 g/mol. The summed E-state index contributed by atoms with van der Waals surface area (Å²) >= 11 is 0. The number of nitrogens with zero attached hydrogens (tertiary/aromatic N) is 3. The molecular formula is C22H25N5O2. The minimum absolute atomic E-state index is 0.0526. The van der Waals surface area contributed by atoms with E-state index in [1.807, 2.05) is 55.5 Å². The van der Waals surface area contributed by atoms with E-state index in [0.717, 1.165) is 37.5 Å². The molecule has 0 bridgehead atoms. The Labute approximate surface area is 170 Å². The Kier molecular flexibility index (Phi) is 5.86. The molecule has 1 aromatic heterocycles. The maximum Gasteiger partial charge on any atom is 0.238 e. The van der Waals surface area contributed by atoms with Crippen LogP contribution in [0.2, 0.25) is 0 Å². The fraction of sp³-hybridized carbons (Fsp3) is 0.318. The Morgan fingerprint density at radius 2 is 2.07 bits per heavy atom. The van der Waals surface area contributed by atoms with Crippen molar-refractivity contribution >= 4 is 11.6 Å². The lowest BCUT2D eigenvalue weighted by Crippen LogP contribution is -2.40. The quantitative estimate of drug-likeness (QED) is 0.669. The van der Waals surface area contributed by atoms with Crippen molar-refractivity contribution in [3.63, 3.8) is 0 Å². The topological polar surface area (TPSA) is 83.1 Å². The van der Waals surface area contributed by atoms with Crippen LogP contribution in [-0.2, 0) is 4.79 Å². The van der Waals surface area contributed by atoms with Gasteiger partial charge in [0.15, 0.2) is 5.75 Å². The third-order valence-corrected chi connectivity index (χ3v) is 5.10. The van der Waals surface area contributed by atoms with Crippen molar-refractivity contribution < 1.29 is 9.53 Å². The van der Waals surface area contributed by atoms with E-state index in [1.54, 1.807) is 0 Å². The highest BCUT2D eigenvalue weighted by Gasteiger charge is 2.24. The first-order valence-electron chi connectivity index (χ1n) is 9.88. The Hall–Kier alpha value is -3.19. The lowest BCUT2D eigenvalue weighted by atomic mass is 9.97. The zero-order valence-electron chi connectivity index (χ0n) is 16.5. The molecule has 1 saturated heterocycles. The molecule has 2 heterocycles. The molecule has 1 amide bonds. The Morgan fingerprint density at radius 1 is 1.24 bits per heavy atom. The van der Waals surface area contributed by atoms with Crippen molar-refractivity contribution in [3.05, 3.63) is 66.2 Å². The molecule has 0 radical (unpaired) electrons. The van der Waals surface area contributed by atoms with E-state index in [0.29, 0.717) is 18.0 Å². The van der Waals surface area contributed by atoms with Crippen molar-refractivity contribution in [2.75, 3.05) is 25.0 Å². The van der Waals surface area contributed by atoms with Gasteiger partial charge in [0.1, 0.15) is 17.9 Å². The number of hydrogen-bond donors (Lipinski definition) is 2. The van der Waals surface area contributed by atoms with Crippen LogP contribution in [0.25, 0.3) is 0 Å². The van der Waals surface area contributed by atoms with Crippen molar-refractivity contribution in [2.24, 2.45) is 0 Å². The summed E-state index contributed by atoms with van der Waals surface area (Å²) in [5, 5.41) is 9.89. The third kappa shape index (κ3) is 5.00. The number of aromatic nitrogens is 3. The second-order valence-electron chi connectivity index (χ2n) is 7.40. The van der Waals surface area contributed by atoms with Gasteiger partial charge in [-0.25, -0.2) is 4.98 Å². The number of aryl methyl sites for hydroxylation is 1. The van der Waals surface area contributed by atoms with Gasteiger partial charge < -0.3 is 10.1 Å². The van der Waals surface area contributed by atoms with Gasteiger partial charge in [0.05, 0.1) is 12.2 Å². The number of ether oxygens (including phenoxy) is 1. The molecule has 29 heavy (non-hydrogen) atoms. The van der Waals surface area contributed by atoms with Gasteiger partial charge in [-0.3, -0.25) is 14.8 Å². The Morgan fingerprint density at radius 3 is 2.86 bits per heavy atom. The van der Waals surface area contributed by atoms with E-state index >= 15 is 0 Å². The summed E-state index contributed by atoms with van der Waals surface area (Å²) in [6.45, 7) is 4.07. The molecule has 7 nitrogen and oxygen atoms in total. The lowest BCUT2D eigenvalue weighted by molar-refractivity contribution is -0.117. The second kappa shape index (κ2) is 8.87. The van der Waals surface area contributed by atoms with Crippen LogP contribution in [0.3, 0.4) is 0 Å². The van der Waals surface area contributed by atoms with Gasteiger partial charge in [-0.15, -0.1) is 0 Å². The van der Waals surface area contributed by atoms with Gasteiger partial charge >= 0.3 is 0 Å². The predicted octanol–water partition coefficient (Wildman–Crippen LogP) is 3.72. The summed E-state index contributed by atoms with van der Waals surface area (Å²) in [6, 6.07) is 15.3. The molecule has 0 saturated carbocycles. The number of aromatic amines is 1. The first-order valence-corrected chi connectivity index (χ1v) is 9.88. The summed E-state index contributed by atoms with van der Waals surface area (Å²) < 4.78 is 5.97. The summed E-state index contributed by atoms with van der Waals surface area (Å²) in [7, 11) is 0. The molecule has 2 N–H and O–H groups in total. The first-order chi connectivity index (χ1) is 14.2. The van der Waals surface area contributed by atoms with Gasteiger partial charge in [0.25, 0.3) is 0 Å². The fourth-order valence-corrected chi connectivity index (χ4v) is 3.62. The fourth-order valence-electron chi connectivity index (χ4n) is 3.62. The van der Waals surface area contributed by atoms with Crippen molar-refractivity contribution in [1.82, 2.24) is 20.1 Å². The van der Waals surface area contributed by atoms with Crippen LogP contribution in [0.1, 0.15) is 30.1 Å². The van der Waals surface area contributed by atoms with Crippen LogP contribution >= 0.6 is 0 Å². The summed E-state index contributed by atoms with van der Waals surface area (Å²) in [4.78, 5) is 19.1. The highest BCUT2D eigenvalue weighted by atomic mass is 16.5. The summed E-state index contributed by atoms with van der Waals surface area (Å²) in [5.41, 5.74) is 1.84. The van der Waals surface area contributed by atoms with Crippen LogP contribution in [0.4, 0.5) is 5.69 Å². The molecule has 0 spiro atoms. The third-order valence-electron chi connectivity index (χ3n) is 5.10. The lowest BCUT2D eigenvalue weighted by Gasteiger charge is -2.31. The molecule has 1 aliphatic heterocycles. The number of likely N-dealkylation sites (tertiary alicyclic amines) is 1. The minimum atomic E-state index is -0.0526. The van der Waals surface area contributed by atoms with Gasteiger partial charge in [-0.05, 0) is 50.6 Å². The monoisotopic (exact) mass is 391 g/mol. The number of rotatable bonds is 6. The van der Waals surface area contributed by atoms with E-state index in [2.05, 4.69) is 25.4 Å². The van der Waals surface area contributed by atoms with Gasteiger partial charge in [-0.1, -0.05) is 29.8 Å². The number of benzene rings is 2. The number of anilines is 1. The molecule has 7 heteroatoms. The zero-order chi connectivity index (χ0) is 20.1. The SMILES string of the molecule is Cc1ccc(Oc2ccccc2NC(=O)CN2CCC[C@H](c3ncn[nH]3)C2)cc1. The molecule has 0 aliphatic carbocycles. The van der Waals surface area contributed by atoms with Gasteiger partial charge in [0.2, 0.25) is 5.91 Å². The van der Waals surface area contributed by atoms with E-state index < -0.39 is 0 Å². The van der Waals surface area contributed by atoms with Crippen molar-refractivity contribution in [3.8, 4) is 11.5 Å². The molecule has 1 atom stereocenters. The number of carbonyl (C=O) groups is 1. The van der Waals surface area contributed by atoms with Crippen LogP contribution in [0, 0.1) is 6.92 Å². The normalized spacial score (nSPS) is 17.1. The van der Waals surface area contributed by atoms with Crippen LogP contribution < -0.4 is 10.1 Å². The smallest absolute Gasteiger partial charge is 0.238 e. The summed E-state index contributed by atoms with van der Waals surface area (Å²) in [6.07, 6.45) is 3.62. The second-order valence-corrected chi connectivity index (χ2v) is 7.40. The van der Waals surface area contributed by atoms with Crippen molar-refractivity contribution in [2.45, 2.75) is 25.7 Å². The molecule has 4 rings (SSSR count). The molecular weight excluding hydrogens is 366 g/mol. The molecule has 1 aliphatic rings. The first kappa shape index (κ1) is 19.1. The van der Waals surface area contributed by atoms with Crippen LogP contribution in [-0.4, -0.2) is 45.6 Å². The minimum Gasteiger partial charge on any atom is -0.455 e. The number of nitrogens with one attached hydrogen (secondary N) is 2.